The first-order valence-corrected chi connectivity index (χ1v) is 4.53. The predicted octanol–water partition coefficient (Wildman–Crippen LogP) is -1.32. The summed E-state index contributed by atoms with van der Waals surface area (Å²) in [5, 5.41) is 7.64. The van der Waals surface area contributed by atoms with Gasteiger partial charge in [0, 0.05) is 6.54 Å². The number of rotatable bonds is 6. The second-order valence-electron chi connectivity index (χ2n) is 2.92. The molecule has 0 aromatic heterocycles. The van der Waals surface area contributed by atoms with Gasteiger partial charge < -0.3 is 16.2 Å². The van der Waals surface area contributed by atoms with Crippen LogP contribution in [0.5, 0.6) is 0 Å². The zero-order valence-electron chi connectivity index (χ0n) is 9.33. The molecule has 0 amide bonds. The van der Waals surface area contributed by atoms with E-state index in [0.717, 1.165) is 0 Å². The van der Waals surface area contributed by atoms with Crippen molar-refractivity contribution in [2.45, 2.75) is 18.9 Å². The van der Waals surface area contributed by atoms with Crippen molar-refractivity contribution in [2.75, 3.05) is 13.7 Å². The highest BCUT2D eigenvalue weighted by molar-refractivity contribution is 5.85. The van der Waals surface area contributed by atoms with Gasteiger partial charge in [-0.15, -0.1) is 12.4 Å². The number of hydrogen-bond acceptors (Lipinski definition) is 5. The Morgan fingerprint density at radius 2 is 2.24 bits per heavy atom. The van der Waals surface area contributed by atoms with E-state index in [2.05, 4.69) is 9.73 Å². The molecular weight excluding hydrogens is 254 g/mol. The number of carbonyl (C=O) groups excluding carboxylic acids is 1. The lowest BCUT2D eigenvalue weighted by Crippen LogP contribution is -2.37. The molecule has 0 aromatic rings. The largest absolute Gasteiger partial charge is 0.468 e. The van der Waals surface area contributed by atoms with E-state index in [-0.39, 0.29) is 24.9 Å². The van der Waals surface area contributed by atoms with Crippen LogP contribution in [0.3, 0.4) is 0 Å². The molecule has 0 aromatic carbocycles. The lowest BCUT2D eigenvalue weighted by molar-refractivity contribution is -0.822. The second-order valence-corrected chi connectivity index (χ2v) is 2.92. The number of aliphatic imine (C=N–C) groups is 1. The van der Waals surface area contributed by atoms with Gasteiger partial charge in [-0.05, 0) is 18.3 Å². The Labute approximate surface area is 104 Å². The Morgan fingerprint density at radius 1 is 1.65 bits per heavy atom. The van der Waals surface area contributed by atoms with E-state index in [4.69, 9.17) is 16.7 Å². The number of nitrogens with one attached hydrogen (secondary N) is 1. The summed E-state index contributed by atoms with van der Waals surface area (Å²) in [6, 6.07) is -0.691. The quantitative estimate of drug-likeness (QED) is 0.154. The summed E-state index contributed by atoms with van der Waals surface area (Å²) in [4.78, 5) is 24.6. The van der Waals surface area contributed by atoms with Crippen molar-refractivity contribution >= 4 is 24.3 Å². The molecule has 0 spiro atoms. The molecule has 0 aliphatic carbocycles. The number of hydrogen-bond donors (Lipinski definition) is 4. The van der Waals surface area contributed by atoms with Gasteiger partial charge in [0.1, 0.15) is 10.9 Å². The van der Waals surface area contributed by atoms with Crippen molar-refractivity contribution in [3.8, 4) is 0 Å². The van der Waals surface area contributed by atoms with Gasteiger partial charge in [-0.1, -0.05) is 0 Å². The molecule has 0 aliphatic heterocycles. The lowest BCUT2D eigenvalue weighted by atomic mass is 10.2. The molecular formula is C7H17ClN5O4+. The normalized spacial score (nSPS) is 12.2. The van der Waals surface area contributed by atoms with Gasteiger partial charge in [-0.2, -0.15) is 0 Å². The van der Waals surface area contributed by atoms with Gasteiger partial charge in [0.05, 0.1) is 7.11 Å². The van der Waals surface area contributed by atoms with Crippen LogP contribution in [0.2, 0.25) is 0 Å². The molecule has 1 atom stereocenters. The Balaban J connectivity index is 0. The minimum absolute atomic E-state index is 0. The Hall–Kier alpha value is -1.61. The van der Waals surface area contributed by atoms with E-state index in [1.165, 1.54) is 7.11 Å². The standard InChI is InChI=1S/C7H16N5O4.ClH/c1-16-6(13)5(8)3-2-4-10-7(9)11-12(14)15;/h5H,2-4,8H2,1H3,(H,14,15)(H3,9,10,11);1H/q+1;/t5-;/m0./s1. The molecule has 10 heteroatoms. The van der Waals surface area contributed by atoms with Crippen molar-refractivity contribution in [3.05, 3.63) is 4.91 Å². The summed E-state index contributed by atoms with van der Waals surface area (Å²) in [7, 11) is 1.26. The first-order chi connectivity index (χ1) is 7.47. The molecule has 0 rings (SSSR count). The van der Waals surface area contributed by atoms with Crippen LogP contribution >= 0.6 is 12.4 Å². The minimum atomic E-state index is -0.691. The highest BCUT2D eigenvalue weighted by Crippen LogP contribution is 1.96. The van der Waals surface area contributed by atoms with Crippen LogP contribution in [0, 0.1) is 4.91 Å². The van der Waals surface area contributed by atoms with Crippen molar-refractivity contribution in [2.24, 2.45) is 16.5 Å². The van der Waals surface area contributed by atoms with E-state index in [0.29, 0.717) is 12.8 Å². The van der Waals surface area contributed by atoms with E-state index in [1.807, 2.05) is 0 Å². The topological polar surface area (TPSA) is 143 Å². The molecule has 100 valence electrons. The van der Waals surface area contributed by atoms with E-state index in [9.17, 15) is 9.70 Å². The average Bonchev–Trinajstić information content (AvgIpc) is 2.21. The summed E-state index contributed by atoms with van der Waals surface area (Å²) in [5.41, 5.74) is 12.5. The molecule has 0 bridgehead atoms. The smallest absolute Gasteiger partial charge is 0.362 e. The number of methoxy groups -OCH3 is 1. The van der Waals surface area contributed by atoms with Crippen LogP contribution in [0.4, 0.5) is 0 Å². The van der Waals surface area contributed by atoms with Gasteiger partial charge in [-0.3, -0.25) is 4.79 Å². The van der Waals surface area contributed by atoms with Crippen LogP contribution in [-0.2, 0) is 9.53 Å². The third-order valence-corrected chi connectivity index (χ3v) is 1.67. The molecule has 0 heterocycles. The van der Waals surface area contributed by atoms with Crippen molar-refractivity contribution in [1.82, 2.24) is 5.43 Å². The fraction of sp³-hybridized carbons (Fsp3) is 0.714. The van der Waals surface area contributed by atoms with Crippen LogP contribution in [0.25, 0.3) is 0 Å². The molecule has 9 nitrogen and oxygen atoms in total. The highest BCUT2D eigenvalue weighted by Gasteiger charge is 2.12. The summed E-state index contributed by atoms with van der Waals surface area (Å²) < 4.78 is 4.42. The van der Waals surface area contributed by atoms with Crippen molar-refractivity contribution in [1.29, 1.82) is 0 Å². The van der Waals surface area contributed by atoms with Gasteiger partial charge in [-0.25, -0.2) is 10.2 Å². The molecule has 0 fully saturated rings. The Kier molecular flexibility index (Phi) is 10.0. The fourth-order valence-corrected chi connectivity index (χ4v) is 0.913. The van der Waals surface area contributed by atoms with Crippen LogP contribution in [-0.4, -0.2) is 41.9 Å². The summed E-state index contributed by atoms with van der Waals surface area (Å²) >= 11 is 0. The molecule has 0 unspecified atom stereocenters. The average molecular weight is 271 g/mol. The Morgan fingerprint density at radius 3 is 2.71 bits per heavy atom. The first kappa shape index (κ1) is 17.8. The van der Waals surface area contributed by atoms with Crippen LogP contribution < -0.4 is 16.9 Å². The predicted molar refractivity (Wildman–Crippen MR) is 61.5 cm³/mol. The SMILES string of the molecule is COC(=O)[C@@H](N)CCCN=C(N)N[N+](=O)O.Cl. The number of hydrazine groups is 1. The van der Waals surface area contributed by atoms with Gasteiger partial charge in [0.15, 0.2) is 0 Å². The fourth-order valence-electron chi connectivity index (χ4n) is 0.913. The van der Waals surface area contributed by atoms with Crippen molar-refractivity contribution in [3.63, 3.8) is 0 Å². The minimum Gasteiger partial charge on any atom is -0.468 e. The summed E-state index contributed by atoms with van der Waals surface area (Å²) in [5.74, 6) is -0.708. The van der Waals surface area contributed by atoms with Gasteiger partial charge in [0.25, 0.3) is 5.96 Å². The molecule has 0 saturated heterocycles. The van der Waals surface area contributed by atoms with E-state index < -0.39 is 17.0 Å². The van der Waals surface area contributed by atoms with Crippen molar-refractivity contribution < 1.29 is 19.8 Å². The number of ether oxygens (including phenoxy) is 1. The zero-order valence-corrected chi connectivity index (χ0v) is 10.1. The first-order valence-electron chi connectivity index (χ1n) is 4.53. The summed E-state index contributed by atoms with van der Waals surface area (Å²) in [6.45, 7) is 0.275. The Bertz CT molecular complexity index is 285. The maximum atomic E-state index is 10.9. The zero-order chi connectivity index (χ0) is 12.6. The number of nitrogens with two attached hydrogens (primary N) is 2. The number of guanidine groups is 1. The highest BCUT2D eigenvalue weighted by atomic mass is 35.5. The van der Waals surface area contributed by atoms with E-state index >= 15 is 0 Å². The molecule has 0 aliphatic rings. The molecule has 0 saturated carbocycles. The van der Waals surface area contributed by atoms with Gasteiger partial charge >= 0.3 is 11.0 Å². The second kappa shape index (κ2) is 9.60. The molecule has 17 heavy (non-hydrogen) atoms. The third kappa shape index (κ3) is 9.33. The lowest BCUT2D eigenvalue weighted by Gasteiger charge is -2.07. The molecule has 0 radical (unpaired) electrons. The van der Waals surface area contributed by atoms with Crippen LogP contribution in [0.1, 0.15) is 12.8 Å². The van der Waals surface area contributed by atoms with E-state index in [1.54, 1.807) is 5.43 Å². The maximum Gasteiger partial charge on any atom is 0.362 e. The van der Waals surface area contributed by atoms with Crippen LogP contribution in [0.15, 0.2) is 4.99 Å². The third-order valence-electron chi connectivity index (χ3n) is 1.67. The van der Waals surface area contributed by atoms with Gasteiger partial charge in [0.2, 0.25) is 0 Å². The summed E-state index contributed by atoms with van der Waals surface area (Å²) in [6.07, 6.45) is 0.895. The number of carbonyl (C=O) groups is 1. The monoisotopic (exact) mass is 270 g/mol. The number of esters is 1. The number of halogens is 1. The number of nitrogens with zero attached hydrogens (tertiary/aromatic N) is 2. The molecule has 6 N–H and O–H groups in total. The maximum absolute atomic E-state index is 10.9.